The molecule has 2 amide bonds. The highest BCUT2D eigenvalue weighted by Gasteiger charge is 2.15. The number of ether oxygens (including phenoxy) is 1. The molecule has 172 valence electrons. The first kappa shape index (κ1) is 23.8. The number of aliphatic hydroxyl groups excluding tert-OH is 1. The van der Waals surface area contributed by atoms with Gasteiger partial charge in [-0.1, -0.05) is 30.3 Å². The molecule has 0 unspecified atom stereocenters. The molecule has 0 spiro atoms. The van der Waals surface area contributed by atoms with E-state index in [4.69, 9.17) is 15.3 Å². The van der Waals surface area contributed by atoms with E-state index in [0.29, 0.717) is 22.6 Å². The van der Waals surface area contributed by atoms with Crippen LogP contribution in [-0.4, -0.2) is 35.5 Å². The van der Waals surface area contributed by atoms with Crippen molar-refractivity contribution in [3.8, 4) is 0 Å². The van der Waals surface area contributed by atoms with E-state index in [1.807, 2.05) is 37.3 Å². The first-order chi connectivity index (χ1) is 16.0. The summed E-state index contributed by atoms with van der Waals surface area (Å²) in [5.74, 6) is -0.133. The summed E-state index contributed by atoms with van der Waals surface area (Å²) < 4.78 is 18.7. The highest BCUT2D eigenvalue weighted by molar-refractivity contribution is 5.93. The van der Waals surface area contributed by atoms with Crippen molar-refractivity contribution in [2.24, 2.45) is 0 Å². The Morgan fingerprint density at radius 2 is 1.94 bits per heavy atom. The lowest BCUT2D eigenvalue weighted by Crippen LogP contribution is -2.31. The Balaban J connectivity index is 1.82. The summed E-state index contributed by atoms with van der Waals surface area (Å²) in [5.41, 5.74) is 2.90. The maximum atomic E-state index is 13.3. The number of pyridine rings is 1. The number of aromatic nitrogens is 1. The lowest BCUT2D eigenvalue weighted by Gasteiger charge is -2.18. The number of carbonyl (C=O) groups is 1. The minimum atomic E-state index is -0.448. The van der Waals surface area contributed by atoms with Crippen LogP contribution in [0.4, 0.5) is 26.4 Å². The molecular formula is C24H26FN5O3. The second-order valence-corrected chi connectivity index (χ2v) is 7.20. The van der Waals surface area contributed by atoms with Crippen molar-refractivity contribution in [3.63, 3.8) is 0 Å². The summed E-state index contributed by atoms with van der Waals surface area (Å²) in [5, 5.41) is 25.5. The van der Waals surface area contributed by atoms with Gasteiger partial charge in [-0.05, 0) is 42.8 Å². The highest BCUT2D eigenvalue weighted by atomic mass is 19.1. The van der Waals surface area contributed by atoms with Gasteiger partial charge in [0, 0.05) is 17.5 Å². The van der Waals surface area contributed by atoms with E-state index >= 15 is 0 Å². The average molecular weight is 452 g/mol. The topological polar surface area (TPSA) is 119 Å². The van der Waals surface area contributed by atoms with Crippen molar-refractivity contribution in [2.75, 3.05) is 23.8 Å². The predicted molar refractivity (Wildman–Crippen MR) is 126 cm³/mol. The van der Waals surface area contributed by atoms with E-state index in [9.17, 15) is 9.18 Å². The minimum absolute atomic E-state index is 0.0302. The molecule has 0 aliphatic heterocycles. The van der Waals surface area contributed by atoms with Gasteiger partial charge in [0.2, 0.25) is 0 Å². The van der Waals surface area contributed by atoms with Gasteiger partial charge >= 0.3 is 6.03 Å². The number of hydrogen-bond donors (Lipinski definition) is 5. The van der Waals surface area contributed by atoms with Gasteiger partial charge in [0.1, 0.15) is 11.6 Å². The van der Waals surface area contributed by atoms with Crippen molar-refractivity contribution in [2.45, 2.75) is 19.6 Å². The molecule has 8 nitrogen and oxygen atoms in total. The first-order valence-electron chi connectivity index (χ1n) is 10.4. The third kappa shape index (κ3) is 6.83. The van der Waals surface area contributed by atoms with Gasteiger partial charge in [-0.15, -0.1) is 0 Å². The minimum Gasteiger partial charge on any atom is -0.394 e. The summed E-state index contributed by atoms with van der Waals surface area (Å²) in [7, 11) is 0. The fourth-order valence-corrected chi connectivity index (χ4v) is 3.13. The number of urea groups is 1. The number of aliphatic hydroxyl groups is 1. The Morgan fingerprint density at radius 3 is 2.61 bits per heavy atom. The van der Waals surface area contributed by atoms with Gasteiger partial charge in [-0.25, -0.2) is 14.2 Å². The fourth-order valence-electron chi connectivity index (χ4n) is 3.13. The maximum Gasteiger partial charge on any atom is 0.320 e. The summed E-state index contributed by atoms with van der Waals surface area (Å²) >= 11 is 0. The van der Waals surface area contributed by atoms with E-state index < -0.39 is 6.03 Å². The Labute approximate surface area is 191 Å². The normalized spacial score (nSPS) is 11.5. The van der Waals surface area contributed by atoms with Gasteiger partial charge in [-0.3, -0.25) is 5.32 Å². The van der Waals surface area contributed by atoms with Crippen molar-refractivity contribution in [1.29, 1.82) is 5.41 Å². The molecule has 3 rings (SSSR count). The van der Waals surface area contributed by atoms with Crippen LogP contribution in [0.25, 0.3) is 0 Å². The summed E-state index contributed by atoms with van der Waals surface area (Å²) in [6, 6.07) is 16.2. The van der Waals surface area contributed by atoms with Crippen LogP contribution < -0.4 is 16.0 Å². The largest absolute Gasteiger partial charge is 0.394 e. The van der Waals surface area contributed by atoms with Crippen LogP contribution in [0.1, 0.15) is 29.8 Å². The van der Waals surface area contributed by atoms with Crippen LogP contribution in [-0.2, 0) is 11.3 Å². The molecule has 1 aromatic heterocycles. The van der Waals surface area contributed by atoms with Crippen LogP contribution >= 0.6 is 0 Å². The molecule has 2 aromatic carbocycles. The number of amides is 2. The summed E-state index contributed by atoms with van der Waals surface area (Å²) in [6.45, 7) is 1.85. The molecule has 9 heteroatoms. The SMILES string of the molecule is C[C@@H](NC(=O)Nc1cc(C=N)c(Nc2ccc(F)cc2)c(COCCO)n1)c1ccccc1. The van der Waals surface area contributed by atoms with Crippen LogP contribution in [0.5, 0.6) is 0 Å². The smallest absolute Gasteiger partial charge is 0.320 e. The average Bonchev–Trinajstić information content (AvgIpc) is 2.82. The van der Waals surface area contributed by atoms with Crippen LogP contribution in [0.15, 0.2) is 60.7 Å². The molecule has 5 N–H and O–H groups in total. The van der Waals surface area contributed by atoms with Gasteiger partial charge in [0.15, 0.2) is 0 Å². The molecule has 1 atom stereocenters. The Bertz CT molecular complexity index is 1080. The second-order valence-electron chi connectivity index (χ2n) is 7.20. The van der Waals surface area contributed by atoms with Gasteiger partial charge in [-0.2, -0.15) is 0 Å². The van der Waals surface area contributed by atoms with Gasteiger partial charge in [0.25, 0.3) is 0 Å². The molecule has 0 aliphatic carbocycles. The van der Waals surface area contributed by atoms with Gasteiger partial charge < -0.3 is 25.9 Å². The van der Waals surface area contributed by atoms with E-state index in [-0.39, 0.29) is 37.5 Å². The lowest BCUT2D eigenvalue weighted by molar-refractivity contribution is 0.0801. The van der Waals surface area contributed by atoms with Gasteiger partial charge in [0.05, 0.1) is 37.2 Å². The Morgan fingerprint density at radius 1 is 1.21 bits per heavy atom. The molecule has 0 aliphatic rings. The summed E-state index contributed by atoms with van der Waals surface area (Å²) in [6.07, 6.45) is 1.12. The molecule has 1 heterocycles. The molecule has 0 radical (unpaired) electrons. The number of carbonyl (C=O) groups excluding carboxylic acids is 1. The molecular weight excluding hydrogens is 425 g/mol. The third-order valence-corrected chi connectivity index (χ3v) is 4.76. The third-order valence-electron chi connectivity index (χ3n) is 4.76. The van der Waals surface area contributed by atoms with Crippen molar-refractivity contribution in [3.05, 3.63) is 83.3 Å². The second kappa shape index (κ2) is 11.7. The number of halogens is 1. The molecule has 0 fully saturated rings. The van der Waals surface area contributed by atoms with Crippen molar-refractivity contribution in [1.82, 2.24) is 10.3 Å². The summed E-state index contributed by atoms with van der Waals surface area (Å²) in [4.78, 5) is 17.0. The number of nitrogens with zero attached hydrogens (tertiary/aromatic N) is 1. The van der Waals surface area contributed by atoms with Crippen molar-refractivity contribution >= 4 is 29.4 Å². The Kier molecular flexibility index (Phi) is 8.45. The molecule has 0 saturated carbocycles. The van der Waals surface area contributed by atoms with Crippen molar-refractivity contribution < 1.29 is 19.0 Å². The van der Waals surface area contributed by atoms with Crippen LogP contribution in [0.3, 0.4) is 0 Å². The monoisotopic (exact) mass is 451 g/mol. The fraction of sp³-hybridized carbons (Fsp3) is 0.208. The molecule has 3 aromatic rings. The Hall–Kier alpha value is -3.82. The zero-order valence-corrected chi connectivity index (χ0v) is 18.1. The van der Waals surface area contributed by atoms with E-state index in [1.54, 1.807) is 18.2 Å². The zero-order valence-electron chi connectivity index (χ0n) is 18.1. The number of benzene rings is 2. The molecule has 0 saturated heterocycles. The maximum absolute atomic E-state index is 13.3. The van der Waals surface area contributed by atoms with Crippen LogP contribution in [0.2, 0.25) is 0 Å². The standard InChI is InChI=1S/C24H26FN5O3/c1-16(17-5-3-2-4-6-17)27-24(32)30-22-13-18(14-26)23(21(29-22)15-33-12-11-31)28-20-9-7-19(25)8-10-20/h2-10,13-14,16,26,28,31H,11-12,15H2,1H3,(H2,27,29,30,32)/t16-/m1/s1. The zero-order chi connectivity index (χ0) is 23.6. The number of nitrogens with one attached hydrogen (secondary N) is 4. The quantitative estimate of drug-likeness (QED) is 0.232. The van der Waals surface area contributed by atoms with E-state index in [0.717, 1.165) is 11.8 Å². The molecule has 0 bridgehead atoms. The predicted octanol–water partition coefficient (Wildman–Crippen LogP) is 4.35. The van der Waals surface area contributed by atoms with E-state index in [1.165, 1.54) is 12.1 Å². The lowest BCUT2D eigenvalue weighted by atomic mass is 10.1. The first-order valence-corrected chi connectivity index (χ1v) is 10.4. The van der Waals surface area contributed by atoms with Crippen LogP contribution in [0, 0.1) is 11.2 Å². The number of rotatable bonds is 10. The number of anilines is 3. The highest BCUT2D eigenvalue weighted by Crippen LogP contribution is 2.27. The van der Waals surface area contributed by atoms with E-state index in [2.05, 4.69) is 20.9 Å². The molecule has 33 heavy (non-hydrogen) atoms. The number of hydrogen-bond acceptors (Lipinski definition) is 6.